The van der Waals surface area contributed by atoms with Gasteiger partial charge >= 0.3 is 17.8 Å². The average molecular weight is 428 g/mol. The first-order valence-corrected chi connectivity index (χ1v) is 10.7. The second kappa shape index (κ2) is 9.67. The van der Waals surface area contributed by atoms with Crippen molar-refractivity contribution < 1.29 is 19.1 Å². The van der Waals surface area contributed by atoms with Crippen molar-refractivity contribution >= 4 is 40.3 Å². The minimum atomic E-state index is -0.909. The van der Waals surface area contributed by atoms with Gasteiger partial charge in [0.15, 0.2) is 0 Å². The van der Waals surface area contributed by atoms with Crippen LogP contribution in [0.5, 0.6) is 0 Å². The van der Waals surface area contributed by atoms with E-state index in [1.165, 1.54) is 17.6 Å². The Morgan fingerprint density at radius 3 is 2.67 bits per heavy atom. The molecule has 0 fully saturated rings. The molecule has 1 aromatic carbocycles. The van der Waals surface area contributed by atoms with E-state index < -0.39 is 17.8 Å². The van der Waals surface area contributed by atoms with Crippen LogP contribution in [0.1, 0.15) is 52.2 Å². The molecule has 1 heterocycles. The minimum absolute atomic E-state index is 0.238. The van der Waals surface area contributed by atoms with Gasteiger partial charge in [-0.1, -0.05) is 36.8 Å². The highest BCUT2D eigenvalue weighted by Crippen LogP contribution is 2.40. The molecule has 30 heavy (non-hydrogen) atoms. The maximum atomic E-state index is 12.5. The highest BCUT2D eigenvalue weighted by Gasteiger charge is 2.30. The van der Waals surface area contributed by atoms with Crippen LogP contribution in [0.15, 0.2) is 29.4 Å². The summed E-state index contributed by atoms with van der Waals surface area (Å²) in [5, 5.41) is 6.75. The number of benzene rings is 1. The van der Waals surface area contributed by atoms with Crippen LogP contribution in [0.25, 0.3) is 0 Å². The van der Waals surface area contributed by atoms with E-state index in [0.29, 0.717) is 16.5 Å². The monoisotopic (exact) mass is 427 g/mol. The summed E-state index contributed by atoms with van der Waals surface area (Å²) in [5.74, 6) is -1.76. The smallest absolute Gasteiger partial charge is 0.341 e. The van der Waals surface area contributed by atoms with Crippen LogP contribution in [0.2, 0.25) is 0 Å². The molecule has 1 aromatic heterocycles. The Morgan fingerprint density at radius 2 is 1.97 bits per heavy atom. The van der Waals surface area contributed by atoms with Gasteiger partial charge in [-0.15, -0.1) is 11.3 Å². The molecule has 0 bridgehead atoms. The zero-order valence-corrected chi connectivity index (χ0v) is 18.1. The van der Waals surface area contributed by atoms with Crippen molar-refractivity contribution in [1.29, 1.82) is 0 Å². The Balaban J connectivity index is 1.71. The zero-order chi connectivity index (χ0) is 21.7. The van der Waals surface area contributed by atoms with E-state index in [9.17, 15) is 14.4 Å². The van der Waals surface area contributed by atoms with E-state index in [1.54, 1.807) is 6.92 Å². The van der Waals surface area contributed by atoms with Gasteiger partial charge in [-0.25, -0.2) is 10.2 Å². The molecule has 8 heteroatoms. The summed E-state index contributed by atoms with van der Waals surface area (Å²) in [4.78, 5) is 38.1. The molecular formula is C22H25N3O4S. The molecule has 2 N–H and O–H groups in total. The molecule has 0 spiro atoms. The SMILES string of the molecule is CCOC(=O)c1c(NC(=O)C(=O)N/N=C\c2ccc(C)cc2)sc2c1CC[C@@H](C)C2. The predicted octanol–water partition coefficient (Wildman–Crippen LogP) is 3.45. The van der Waals surface area contributed by atoms with E-state index in [4.69, 9.17) is 4.74 Å². The molecule has 0 radical (unpaired) electrons. The van der Waals surface area contributed by atoms with Crippen molar-refractivity contribution in [2.24, 2.45) is 11.0 Å². The van der Waals surface area contributed by atoms with Gasteiger partial charge in [-0.2, -0.15) is 5.10 Å². The molecule has 1 atom stereocenters. The van der Waals surface area contributed by atoms with Gasteiger partial charge in [0, 0.05) is 4.88 Å². The number of fused-ring (bicyclic) bond motifs is 1. The van der Waals surface area contributed by atoms with Gasteiger partial charge in [0.2, 0.25) is 0 Å². The summed E-state index contributed by atoms with van der Waals surface area (Å²) in [6.45, 7) is 6.10. The van der Waals surface area contributed by atoms with Crippen molar-refractivity contribution in [2.75, 3.05) is 11.9 Å². The number of hydrazone groups is 1. The molecule has 0 unspecified atom stereocenters. The molecule has 0 aliphatic heterocycles. The van der Waals surface area contributed by atoms with E-state index in [0.717, 1.165) is 40.8 Å². The van der Waals surface area contributed by atoms with Crippen LogP contribution in [0.4, 0.5) is 5.00 Å². The lowest BCUT2D eigenvalue weighted by molar-refractivity contribution is -0.136. The first kappa shape index (κ1) is 21.7. The van der Waals surface area contributed by atoms with Gasteiger partial charge in [0.25, 0.3) is 0 Å². The van der Waals surface area contributed by atoms with Crippen LogP contribution in [-0.4, -0.2) is 30.6 Å². The number of thiophene rings is 1. The van der Waals surface area contributed by atoms with Crippen molar-refractivity contribution in [1.82, 2.24) is 5.43 Å². The summed E-state index contributed by atoms with van der Waals surface area (Å²) < 4.78 is 5.18. The summed E-state index contributed by atoms with van der Waals surface area (Å²) in [5.41, 5.74) is 5.41. The summed E-state index contributed by atoms with van der Waals surface area (Å²) in [6.07, 6.45) is 4.02. The number of hydrogen-bond acceptors (Lipinski definition) is 6. The van der Waals surface area contributed by atoms with Gasteiger partial charge < -0.3 is 10.1 Å². The van der Waals surface area contributed by atoms with Crippen LogP contribution in [0.3, 0.4) is 0 Å². The largest absolute Gasteiger partial charge is 0.462 e. The Kier molecular flexibility index (Phi) is 6.99. The topological polar surface area (TPSA) is 96.9 Å². The second-order valence-corrected chi connectivity index (χ2v) is 8.45. The number of esters is 1. The first-order valence-electron chi connectivity index (χ1n) is 9.91. The van der Waals surface area contributed by atoms with E-state index in [2.05, 4.69) is 22.8 Å². The van der Waals surface area contributed by atoms with Crippen molar-refractivity contribution in [3.8, 4) is 0 Å². The third-order valence-electron chi connectivity index (χ3n) is 4.88. The number of hydrogen-bond donors (Lipinski definition) is 2. The quantitative estimate of drug-likeness (QED) is 0.331. The summed E-state index contributed by atoms with van der Waals surface area (Å²) in [7, 11) is 0. The molecule has 1 aliphatic rings. The zero-order valence-electron chi connectivity index (χ0n) is 17.3. The number of carbonyl (C=O) groups is 3. The molecule has 0 saturated carbocycles. The van der Waals surface area contributed by atoms with E-state index >= 15 is 0 Å². The lowest BCUT2D eigenvalue weighted by atomic mass is 9.88. The minimum Gasteiger partial charge on any atom is -0.462 e. The number of ether oxygens (including phenoxy) is 1. The molecule has 158 valence electrons. The number of rotatable bonds is 5. The fraction of sp³-hybridized carbons (Fsp3) is 0.364. The van der Waals surface area contributed by atoms with Crippen molar-refractivity contribution in [3.63, 3.8) is 0 Å². The first-order chi connectivity index (χ1) is 14.4. The molecule has 2 amide bonds. The van der Waals surface area contributed by atoms with Gasteiger partial charge in [-0.05, 0) is 50.2 Å². The third-order valence-corrected chi connectivity index (χ3v) is 6.05. The normalized spacial score (nSPS) is 15.5. The second-order valence-electron chi connectivity index (χ2n) is 7.34. The number of anilines is 1. The lowest BCUT2D eigenvalue weighted by Crippen LogP contribution is -2.32. The Bertz CT molecular complexity index is 979. The molecule has 3 rings (SSSR count). The van der Waals surface area contributed by atoms with Crippen LogP contribution < -0.4 is 10.7 Å². The molecule has 1 aliphatic carbocycles. The fourth-order valence-electron chi connectivity index (χ4n) is 3.29. The number of nitrogens with zero attached hydrogens (tertiary/aromatic N) is 1. The van der Waals surface area contributed by atoms with Crippen LogP contribution in [-0.2, 0) is 27.2 Å². The highest BCUT2D eigenvalue weighted by atomic mass is 32.1. The number of carbonyl (C=O) groups excluding carboxylic acids is 3. The molecule has 0 saturated heterocycles. The van der Waals surface area contributed by atoms with E-state index in [1.807, 2.05) is 31.2 Å². The maximum Gasteiger partial charge on any atom is 0.341 e. The van der Waals surface area contributed by atoms with Crippen LogP contribution in [0, 0.1) is 12.8 Å². The summed E-state index contributed by atoms with van der Waals surface area (Å²) in [6, 6.07) is 7.56. The Morgan fingerprint density at radius 1 is 1.23 bits per heavy atom. The van der Waals surface area contributed by atoms with Gasteiger partial charge in [0.05, 0.1) is 18.4 Å². The maximum absolute atomic E-state index is 12.5. The standard InChI is InChI=1S/C22H25N3O4S/c1-4-29-22(28)18-16-10-7-14(3)11-17(16)30-21(18)24-19(26)20(27)25-23-12-15-8-5-13(2)6-9-15/h5-6,8-9,12,14H,4,7,10-11H2,1-3H3,(H,24,26)(H,25,27)/b23-12-/t14-/m1/s1. The molecular weight excluding hydrogens is 402 g/mol. The predicted molar refractivity (Wildman–Crippen MR) is 117 cm³/mol. The molecule has 2 aromatic rings. The van der Waals surface area contributed by atoms with E-state index in [-0.39, 0.29) is 6.61 Å². The number of amides is 2. The van der Waals surface area contributed by atoms with Crippen molar-refractivity contribution in [2.45, 2.75) is 40.0 Å². The Hall–Kier alpha value is -3.00. The van der Waals surface area contributed by atoms with Crippen LogP contribution >= 0.6 is 11.3 Å². The average Bonchev–Trinajstić information content (AvgIpc) is 3.06. The summed E-state index contributed by atoms with van der Waals surface area (Å²) >= 11 is 1.34. The van der Waals surface area contributed by atoms with Crippen molar-refractivity contribution in [3.05, 3.63) is 51.4 Å². The lowest BCUT2D eigenvalue weighted by Gasteiger charge is -2.18. The van der Waals surface area contributed by atoms with Gasteiger partial charge in [0.1, 0.15) is 5.00 Å². The number of nitrogens with one attached hydrogen (secondary N) is 2. The number of aryl methyl sites for hydroxylation is 1. The highest BCUT2D eigenvalue weighted by molar-refractivity contribution is 7.17. The third kappa shape index (κ3) is 5.13. The molecule has 7 nitrogen and oxygen atoms in total. The van der Waals surface area contributed by atoms with Gasteiger partial charge in [-0.3, -0.25) is 9.59 Å². The Labute approximate surface area is 179 Å². The fourth-order valence-corrected chi connectivity index (χ4v) is 4.68.